The molecule has 0 saturated carbocycles. The number of carbonyl (C=O) groups excluding carboxylic acids is 2. The lowest BCUT2D eigenvalue weighted by atomic mass is 10.1. The predicted molar refractivity (Wildman–Crippen MR) is 88.6 cm³/mol. The highest BCUT2D eigenvalue weighted by Crippen LogP contribution is 2.21. The molecule has 0 radical (unpaired) electrons. The summed E-state index contributed by atoms with van der Waals surface area (Å²) in [4.78, 5) is 24.1. The van der Waals surface area contributed by atoms with Crippen LogP contribution in [0.2, 0.25) is 0 Å². The van der Waals surface area contributed by atoms with Gasteiger partial charge in [-0.1, -0.05) is 31.2 Å². The molecular weight excluding hydrogens is 314 g/mol. The van der Waals surface area contributed by atoms with Gasteiger partial charge in [-0.25, -0.2) is 8.42 Å². The number of amides is 1. The van der Waals surface area contributed by atoms with E-state index in [4.69, 9.17) is 0 Å². The Balaban J connectivity index is 2.43. The van der Waals surface area contributed by atoms with Gasteiger partial charge < -0.3 is 5.32 Å². The second-order valence-electron chi connectivity index (χ2n) is 4.96. The van der Waals surface area contributed by atoms with Gasteiger partial charge in [-0.15, -0.1) is 0 Å². The van der Waals surface area contributed by atoms with Gasteiger partial charge in [0.05, 0.1) is 21.9 Å². The van der Waals surface area contributed by atoms with Crippen molar-refractivity contribution in [2.75, 3.05) is 11.1 Å². The molecule has 0 bridgehead atoms. The van der Waals surface area contributed by atoms with Gasteiger partial charge in [0.2, 0.25) is 0 Å². The van der Waals surface area contributed by atoms with E-state index in [1.165, 1.54) is 26.0 Å². The molecule has 0 unspecified atom stereocenters. The molecule has 1 N–H and O–H groups in total. The molecule has 0 fully saturated rings. The highest BCUT2D eigenvalue weighted by molar-refractivity contribution is 7.91. The maximum atomic E-state index is 12.5. The molecule has 0 saturated heterocycles. The van der Waals surface area contributed by atoms with Crippen molar-refractivity contribution in [3.05, 3.63) is 59.7 Å². The van der Waals surface area contributed by atoms with Gasteiger partial charge in [-0.2, -0.15) is 0 Å². The summed E-state index contributed by atoms with van der Waals surface area (Å²) in [5, 5.41) is 2.62. The van der Waals surface area contributed by atoms with Crippen molar-refractivity contribution >= 4 is 27.2 Å². The number of benzene rings is 2. The first-order valence-electron chi connectivity index (χ1n) is 7.10. The van der Waals surface area contributed by atoms with E-state index in [2.05, 4.69) is 5.32 Å². The Kier molecular flexibility index (Phi) is 4.95. The molecule has 120 valence electrons. The number of sulfone groups is 1. The van der Waals surface area contributed by atoms with Gasteiger partial charge in [0.25, 0.3) is 5.91 Å². The lowest BCUT2D eigenvalue weighted by Crippen LogP contribution is -2.18. The van der Waals surface area contributed by atoms with E-state index in [1.807, 2.05) is 0 Å². The van der Waals surface area contributed by atoms with E-state index in [-0.39, 0.29) is 22.0 Å². The molecule has 2 aromatic carbocycles. The Morgan fingerprint density at radius 2 is 1.52 bits per heavy atom. The van der Waals surface area contributed by atoms with Crippen LogP contribution in [0.25, 0.3) is 0 Å². The molecule has 2 rings (SSSR count). The Morgan fingerprint density at radius 3 is 2.13 bits per heavy atom. The topological polar surface area (TPSA) is 80.3 Å². The summed E-state index contributed by atoms with van der Waals surface area (Å²) in [7, 11) is -3.52. The first-order chi connectivity index (χ1) is 10.9. The third-order valence-electron chi connectivity index (χ3n) is 3.40. The van der Waals surface area contributed by atoms with Crippen molar-refractivity contribution in [2.45, 2.75) is 18.7 Å². The molecule has 5 nitrogen and oxygen atoms in total. The summed E-state index contributed by atoms with van der Waals surface area (Å²) in [5.74, 6) is -0.844. The van der Waals surface area contributed by atoms with E-state index < -0.39 is 15.7 Å². The molecule has 2 aromatic rings. The SMILES string of the molecule is CCS(=O)(=O)c1ccccc1C(=O)Nc1ccccc1C(C)=O. The van der Waals surface area contributed by atoms with E-state index in [1.54, 1.807) is 36.4 Å². The molecule has 0 aliphatic rings. The number of hydrogen-bond donors (Lipinski definition) is 1. The van der Waals surface area contributed by atoms with Gasteiger partial charge in [-0.05, 0) is 31.2 Å². The fraction of sp³-hybridized carbons (Fsp3) is 0.176. The van der Waals surface area contributed by atoms with Crippen LogP contribution < -0.4 is 5.32 Å². The minimum atomic E-state index is -3.52. The first-order valence-corrected chi connectivity index (χ1v) is 8.75. The van der Waals surface area contributed by atoms with Crippen molar-refractivity contribution in [1.82, 2.24) is 0 Å². The molecule has 0 atom stereocenters. The maximum absolute atomic E-state index is 12.5. The molecule has 0 aromatic heterocycles. The Labute approximate surface area is 135 Å². The summed E-state index contributed by atoms with van der Waals surface area (Å²) in [6.07, 6.45) is 0. The van der Waals surface area contributed by atoms with Crippen LogP contribution in [0.1, 0.15) is 34.6 Å². The van der Waals surface area contributed by atoms with Crippen LogP contribution in [0.3, 0.4) is 0 Å². The quantitative estimate of drug-likeness (QED) is 0.854. The standard InChI is InChI=1S/C17H17NO4S/c1-3-23(21,22)16-11-7-5-9-14(16)17(20)18-15-10-6-4-8-13(15)12(2)19/h4-11H,3H2,1-2H3,(H,18,20). The molecular formula is C17H17NO4S. The van der Waals surface area contributed by atoms with Gasteiger partial charge >= 0.3 is 0 Å². The molecule has 0 heterocycles. The van der Waals surface area contributed by atoms with Gasteiger partial charge in [-0.3, -0.25) is 9.59 Å². The van der Waals surface area contributed by atoms with E-state index in [0.717, 1.165) is 0 Å². The van der Waals surface area contributed by atoms with Crippen LogP contribution in [0.5, 0.6) is 0 Å². The second-order valence-corrected chi connectivity index (χ2v) is 7.20. The Hall–Kier alpha value is -2.47. The van der Waals surface area contributed by atoms with E-state index in [0.29, 0.717) is 11.3 Å². The largest absolute Gasteiger partial charge is 0.321 e. The number of hydrogen-bond acceptors (Lipinski definition) is 4. The monoisotopic (exact) mass is 331 g/mol. The van der Waals surface area contributed by atoms with Crippen molar-refractivity contribution in [3.63, 3.8) is 0 Å². The fourth-order valence-corrected chi connectivity index (χ4v) is 3.26. The molecule has 1 amide bonds. The second kappa shape index (κ2) is 6.75. The number of rotatable bonds is 5. The van der Waals surface area contributed by atoms with Gasteiger partial charge in [0, 0.05) is 5.56 Å². The van der Waals surface area contributed by atoms with Crippen LogP contribution in [-0.4, -0.2) is 25.9 Å². The average Bonchev–Trinajstić information content (AvgIpc) is 2.55. The minimum Gasteiger partial charge on any atom is -0.321 e. The maximum Gasteiger partial charge on any atom is 0.257 e. The van der Waals surface area contributed by atoms with E-state index in [9.17, 15) is 18.0 Å². The number of carbonyl (C=O) groups is 2. The molecule has 6 heteroatoms. The Morgan fingerprint density at radius 1 is 0.957 bits per heavy atom. The van der Waals surface area contributed by atoms with Crippen LogP contribution >= 0.6 is 0 Å². The normalized spacial score (nSPS) is 11.0. The smallest absolute Gasteiger partial charge is 0.257 e. The van der Waals surface area contributed by atoms with Crippen molar-refractivity contribution < 1.29 is 18.0 Å². The van der Waals surface area contributed by atoms with Gasteiger partial charge in [0.1, 0.15) is 0 Å². The summed E-state index contributed by atoms with van der Waals surface area (Å²) in [6, 6.07) is 12.6. The highest BCUT2D eigenvalue weighted by Gasteiger charge is 2.21. The number of anilines is 1. The summed E-state index contributed by atoms with van der Waals surface area (Å²) in [5.41, 5.74) is 0.790. The zero-order valence-corrected chi connectivity index (χ0v) is 13.7. The van der Waals surface area contributed by atoms with Crippen LogP contribution in [-0.2, 0) is 9.84 Å². The molecule has 0 aliphatic carbocycles. The first kappa shape index (κ1) is 16.9. The summed E-state index contributed by atoms with van der Waals surface area (Å²) in [6.45, 7) is 2.93. The Bertz CT molecular complexity index is 856. The van der Waals surface area contributed by atoms with Crippen molar-refractivity contribution in [1.29, 1.82) is 0 Å². The van der Waals surface area contributed by atoms with Crippen molar-refractivity contribution in [3.8, 4) is 0 Å². The van der Waals surface area contributed by atoms with E-state index >= 15 is 0 Å². The zero-order chi connectivity index (χ0) is 17.0. The summed E-state index contributed by atoms with van der Waals surface area (Å²) < 4.78 is 24.2. The number of para-hydroxylation sites is 1. The molecule has 0 aliphatic heterocycles. The number of ketones is 1. The zero-order valence-electron chi connectivity index (χ0n) is 12.9. The lowest BCUT2D eigenvalue weighted by molar-refractivity contribution is 0.101. The van der Waals surface area contributed by atoms with Crippen LogP contribution in [0.4, 0.5) is 5.69 Å². The molecule has 23 heavy (non-hydrogen) atoms. The fourth-order valence-electron chi connectivity index (χ4n) is 2.17. The highest BCUT2D eigenvalue weighted by atomic mass is 32.2. The average molecular weight is 331 g/mol. The molecule has 0 spiro atoms. The third kappa shape index (κ3) is 3.65. The predicted octanol–water partition coefficient (Wildman–Crippen LogP) is 2.94. The lowest BCUT2D eigenvalue weighted by Gasteiger charge is -2.12. The summed E-state index contributed by atoms with van der Waals surface area (Å²) >= 11 is 0. The van der Waals surface area contributed by atoms with Crippen LogP contribution in [0.15, 0.2) is 53.4 Å². The van der Waals surface area contributed by atoms with Crippen molar-refractivity contribution in [2.24, 2.45) is 0 Å². The number of Topliss-reactive ketones (excluding diaryl/α,β-unsaturated/α-hetero) is 1. The van der Waals surface area contributed by atoms with Gasteiger partial charge in [0.15, 0.2) is 15.6 Å². The van der Waals surface area contributed by atoms with Crippen LogP contribution in [0, 0.1) is 0 Å². The minimum absolute atomic E-state index is 0.0136. The number of nitrogens with one attached hydrogen (secondary N) is 1. The third-order valence-corrected chi connectivity index (χ3v) is 5.19.